The van der Waals surface area contributed by atoms with Gasteiger partial charge in [0.05, 0.1) is 11.8 Å². The summed E-state index contributed by atoms with van der Waals surface area (Å²) in [6.07, 6.45) is 4.47. The van der Waals surface area contributed by atoms with Crippen molar-refractivity contribution in [3.8, 4) is 0 Å². The van der Waals surface area contributed by atoms with Gasteiger partial charge in [0.2, 0.25) is 0 Å². The third-order valence-electron chi connectivity index (χ3n) is 2.76. The lowest BCUT2D eigenvalue weighted by Gasteiger charge is -2.16. The first-order valence-corrected chi connectivity index (χ1v) is 7.60. The Morgan fingerprint density at radius 2 is 1.94 bits per heavy atom. The standard InChI is InChI=1S/C11H13Br2NO.C2H6/c1-6(15-2)9-8(12)5-14-11(10(9)13)7-3-4-7;1-2/h5-7H,3-4H2,1-2H3;1-2H3. The number of aromatic nitrogens is 1. The Balaban J connectivity index is 0.000000686. The van der Waals surface area contributed by atoms with Crippen molar-refractivity contribution in [3.63, 3.8) is 0 Å². The number of ether oxygens (including phenoxy) is 1. The average Bonchev–Trinajstić information content (AvgIpc) is 3.15. The SMILES string of the molecule is CC.COC(C)c1c(Br)cnc(C2CC2)c1Br. The third-order valence-corrected chi connectivity index (χ3v) is 4.23. The van der Waals surface area contributed by atoms with E-state index in [0.29, 0.717) is 5.92 Å². The molecule has 1 atom stereocenters. The first-order valence-electron chi connectivity index (χ1n) is 6.01. The fourth-order valence-electron chi connectivity index (χ4n) is 1.63. The molecule has 1 fully saturated rings. The third kappa shape index (κ3) is 3.52. The van der Waals surface area contributed by atoms with Crippen LogP contribution in [0.1, 0.15) is 56.9 Å². The molecule has 1 unspecified atom stereocenters. The van der Waals surface area contributed by atoms with Crippen LogP contribution in [0.5, 0.6) is 0 Å². The van der Waals surface area contributed by atoms with E-state index in [9.17, 15) is 0 Å². The summed E-state index contributed by atoms with van der Waals surface area (Å²) in [6.45, 7) is 6.04. The zero-order chi connectivity index (χ0) is 13.0. The largest absolute Gasteiger partial charge is 0.377 e. The van der Waals surface area contributed by atoms with E-state index in [0.717, 1.165) is 14.5 Å². The number of hydrogen-bond donors (Lipinski definition) is 0. The van der Waals surface area contributed by atoms with E-state index in [1.165, 1.54) is 18.5 Å². The van der Waals surface area contributed by atoms with Gasteiger partial charge < -0.3 is 4.74 Å². The lowest BCUT2D eigenvalue weighted by molar-refractivity contribution is 0.118. The minimum atomic E-state index is 0.0780. The Kier molecular flexibility index (Phi) is 6.10. The lowest BCUT2D eigenvalue weighted by atomic mass is 10.1. The van der Waals surface area contributed by atoms with Gasteiger partial charge >= 0.3 is 0 Å². The van der Waals surface area contributed by atoms with Crippen molar-refractivity contribution >= 4 is 31.9 Å². The van der Waals surface area contributed by atoms with Crippen LogP contribution in [-0.4, -0.2) is 12.1 Å². The molecule has 0 saturated heterocycles. The van der Waals surface area contributed by atoms with Gasteiger partial charge in [0.1, 0.15) is 0 Å². The molecule has 0 aliphatic heterocycles. The van der Waals surface area contributed by atoms with E-state index in [2.05, 4.69) is 36.8 Å². The fraction of sp³-hybridized carbons (Fsp3) is 0.615. The molecule has 1 aliphatic carbocycles. The molecule has 1 aromatic rings. The first-order chi connectivity index (χ1) is 8.15. The van der Waals surface area contributed by atoms with Gasteiger partial charge in [-0.25, -0.2) is 0 Å². The van der Waals surface area contributed by atoms with Crippen LogP contribution in [0.4, 0.5) is 0 Å². The molecule has 2 rings (SSSR count). The molecule has 0 aromatic carbocycles. The molecule has 96 valence electrons. The van der Waals surface area contributed by atoms with E-state index in [1.54, 1.807) is 7.11 Å². The highest BCUT2D eigenvalue weighted by atomic mass is 79.9. The number of hydrogen-bond acceptors (Lipinski definition) is 2. The van der Waals surface area contributed by atoms with Crippen LogP contribution in [0.2, 0.25) is 0 Å². The zero-order valence-corrected chi connectivity index (χ0v) is 13.9. The second kappa shape index (κ2) is 6.86. The highest BCUT2D eigenvalue weighted by Crippen LogP contribution is 2.45. The van der Waals surface area contributed by atoms with Crippen molar-refractivity contribution < 1.29 is 4.74 Å². The van der Waals surface area contributed by atoms with Gasteiger partial charge in [-0.2, -0.15) is 0 Å². The van der Waals surface area contributed by atoms with E-state index in [4.69, 9.17) is 4.74 Å². The maximum atomic E-state index is 5.37. The molecule has 0 N–H and O–H groups in total. The number of rotatable bonds is 3. The summed E-state index contributed by atoms with van der Waals surface area (Å²) in [4.78, 5) is 4.47. The predicted molar refractivity (Wildman–Crippen MR) is 78.4 cm³/mol. The number of methoxy groups -OCH3 is 1. The van der Waals surface area contributed by atoms with Crippen LogP contribution < -0.4 is 0 Å². The van der Waals surface area contributed by atoms with Crippen molar-refractivity contribution in [2.75, 3.05) is 7.11 Å². The highest BCUT2D eigenvalue weighted by Gasteiger charge is 2.29. The van der Waals surface area contributed by atoms with E-state index < -0.39 is 0 Å². The Labute approximate surface area is 120 Å². The van der Waals surface area contributed by atoms with Gasteiger partial charge in [-0.05, 0) is 51.6 Å². The van der Waals surface area contributed by atoms with Gasteiger partial charge in [0, 0.05) is 33.7 Å². The normalized spacial score (nSPS) is 16.1. The van der Waals surface area contributed by atoms with Crippen LogP contribution in [0.3, 0.4) is 0 Å². The summed E-state index contributed by atoms with van der Waals surface area (Å²) in [6, 6.07) is 0. The van der Waals surface area contributed by atoms with Gasteiger partial charge in [-0.1, -0.05) is 13.8 Å². The monoisotopic (exact) mass is 363 g/mol. The quantitative estimate of drug-likeness (QED) is 0.733. The Bertz CT molecular complexity index is 378. The van der Waals surface area contributed by atoms with Crippen LogP contribution >= 0.6 is 31.9 Å². The average molecular weight is 365 g/mol. The van der Waals surface area contributed by atoms with E-state index in [-0.39, 0.29) is 6.10 Å². The molecule has 2 nitrogen and oxygen atoms in total. The first kappa shape index (κ1) is 15.1. The molecule has 0 spiro atoms. The molecule has 1 saturated carbocycles. The summed E-state index contributed by atoms with van der Waals surface area (Å²) < 4.78 is 7.48. The molecule has 1 aliphatic rings. The van der Waals surface area contributed by atoms with Crippen LogP contribution in [0, 0.1) is 0 Å². The van der Waals surface area contributed by atoms with Crippen molar-refractivity contribution in [2.45, 2.75) is 45.6 Å². The number of pyridine rings is 1. The molecule has 0 amide bonds. The molecule has 17 heavy (non-hydrogen) atoms. The van der Waals surface area contributed by atoms with Gasteiger partial charge in [0.25, 0.3) is 0 Å². The molecule has 4 heteroatoms. The smallest absolute Gasteiger partial charge is 0.0816 e. The zero-order valence-electron chi connectivity index (χ0n) is 10.8. The van der Waals surface area contributed by atoms with Crippen LogP contribution in [0.25, 0.3) is 0 Å². The minimum absolute atomic E-state index is 0.0780. The second-order valence-corrected chi connectivity index (χ2v) is 5.52. The fourth-order valence-corrected chi connectivity index (χ4v) is 3.48. The Hall–Kier alpha value is 0.0700. The Morgan fingerprint density at radius 1 is 1.35 bits per heavy atom. The summed E-state index contributed by atoms with van der Waals surface area (Å²) in [7, 11) is 1.72. The van der Waals surface area contributed by atoms with Crippen molar-refractivity contribution in [2.24, 2.45) is 0 Å². The summed E-state index contributed by atoms with van der Waals surface area (Å²) in [5, 5.41) is 0. The van der Waals surface area contributed by atoms with E-state index >= 15 is 0 Å². The molecule has 1 heterocycles. The molecular weight excluding hydrogens is 346 g/mol. The predicted octanol–water partition coefficient (Wildman–Crippen LogP) is 5.22. The Morgan fingerprint density at radius 3 is 2.41 bits per heavy atom. The number of nitrogens with zero attached hydrogens (tertiary/aromatic N) is 1. The summed E-state index contributed by atoms with van der Waals surface area (Å²) in [5.41, 5.74) is 2.34. The van der Waals surface area contributed by atoms with Crippen LogP contribution in [0.15, 0.2) is 15.1 Å². The van der Waals surface area contributed by atoms with Crippen molar-refractivity contribution in [1.82, 2.24) is 4.98 Å². The minimum Gasteiger partial charge on any atom is -0.377 e. The molecular formula is C13H19Br2NO. The topological polar surface area (TPSA) is 22.1 Å². The lowest BCUT2D eigenvalue weighted by Crippen LogP contribution is -2.02. The maximum absolute atomic E-state index is 5.37. The highest BCUT2D eigenvalue weighted by molar-refractivity contribution is 9.11. The van der Waals surface area contributed by atoms with Crippen LogP contribution in [-0.2, 0) is 4.74 Å². The summed E-state index contributed by atoms with van der Waals surface area (Å²) >= 11 is 7.16. The number of halogens is 2. The maximum Gasteiger partial charge on any atom is 0.0816 e. The molecule has 0 bridgehead atoms. The molecule has 0 radical (unpaired) electrons. The summed E-state index contributed by atoms with van der Waals surface area (Å²) in [5.74, 6) is 0.648. The second-order valence-electron chi connectivity index (χ2n) is 3.87. The van der Waals surface area contributed by atoms with E-state index in [1.807, 2.05) is 27.0 Å². The van der Waals surface area contributed by atoms with Crippen molar-refractivity contribution in [1.29, 1.82) is 0 Å². The van der Waals surface area contributed by atoms with Gasteiger partial charge in [-0.3, -0.25) is 4.98 Å². The molecule has 1 aromatic heterocycles. The van der Waals surface area contributed by atoms with Gasteiger partial charge in [-0.15, -0.1) is 0 Å². The van der Waals surface area contributed by atoms with Crippen molar-refractivity contribution in [3.05, 3.63) is 26.4 Å². The van der Waals surface area contributed by atoms with Gasteiger partial charge in [0.15, 0.2) is 0 Å².